The van der Waals surface area contributed by atoms with Crippen LogP contribution in [0.4, 0.5) is 4.79 Å². The topological polar surface area (TPSA) is 140 Å². The molecule has 0 fully saturated rings. The molecule has 36 heavy (non-hydrogen) atoms. The molecule has 202 valence electrons. The number of ether oxygens (including phenoxy) is 5. The molecule has 0 aliphatic heterocycles. The van der Waals surface area contributed by atoms with Gasteiger partial charge in [0.2, 0.25) is 0 Å². The van der Waals surface area contributed by atoms with Crippen molar-refractivity contribution in [2.75, 3.05) is 13.7 Å². The fraction of sp³-hybridized carbons (Fsp3) is 0.615. The smallest absolute Gasteiger partial charge is 0.461 e. The molecule has 0 aliphatic rings. The van der Waals surface area contributed by atoms with Crippen LogP contribution in [0.15, 0.2) is 18.2 Å². The average Bonchev–Trinajstić information content (AvgIpc) is 2.84. The Labute approximate surface area is 212 Å². The largest absolute Gasteiger partial charge is 0.508 e. The van der Waals surface area contributed by atoms with Gasteiger partial charge < -0.3 is 29.4 Å². The van der Waals surface area contributed by atoms with Gasteiger partial charge in [-0.3, -0.25) is 14.4 Å². The van der Waals surface area contributed by atoms with E-state index in [2.05, 4.69) is 4.74 Å². The molecule has 0 radical (unpaired) electrons. The minimum atomic E-state index is -1.02. The summed E-state index contributed by atoms with van der Waals surface area (Å²) in [7, 11) is 1.17. The number of benzene rings is 1. The van der Waals surface area contributed by atoms with Crippen molar-refractivity contribution >= 4 is 24.1 Å². The zero-order chi connectivity index (χ0) is 26.9. The van der Waals surface area contributed by atoms with Gasteiger partial charge in [-0.15, -0.1) is 0 Å². The van der Waals surface area contributed by atoms with Gasteiger partial charge >= 0.3 is 24.1 Å². The molecule has 1 aromatic rings. The summed E-state index contributed by atoms with van der Waals surface area (Å²) in [6, 6.07) is 3.67. The van der Waals surface area contributed by atoms with Crippen LogP contribution in [0.2, 0.25) is 0 Å². The number of carbonyl (C=O) groups is 4. The lowest BCUT2D eigenvalue weighted by Crippen LogP contribution is -2.36. The summed E-state index contributed by atoms with van der Waals surface area (Å²) < 4.78 is 25.3. The Hall–Kier alpha value is -3.14. The summed E-state index contributed by atoms with van der Waals surface area (Å²) in [4.78, 5) is 47.9. The molecule has 0 spiro atoms. The molecule has 2 N–H and O–H groups in total. The van der Waals surface area contributed by atoms with Crippen LogP contribution in [0, 0.1) is 0 Å². The van der Waals surface area contributed by atoms with Crippen LogP contribution in [-0.4, -0.2) is 49.9 Å². The maximum atomic E-state index is 12.3. The number of esters is 3. The minimum Gasteiger partial charge on any atom is -0.461 e. The first kappa shape index (κ1) is 30.9. The Bertz CT molecular complexity index is 856. The molecule has 0 saturated carbocycles. The van der Waals surface area contributed by atoms with Crippen LogP contribution in [-0.2, 0) is 35.0 Å². The summed E-state index contributed by atoms with van der Waals surface area (Å²) in [5.74, 6) is -1.32. The van der Waals surface area contributed by atoms with Gasteiger partial charge in [-0.1, -0.05) is 45.6 Å². The average molecular weight is 510 g/mol. The van der Waals surface area contributed by atoms with Gasteiger partial charge in [-0.05, 0) is 43.9 Å². The lowest BCUT2D eigenvalue weighted by Gasteiger charge is -2.16. The second-order valence-corrected chi connectivity index (χ2v) is 8.47. The number of hydrogen-bond donors (Lipinski definition) is 1. The molecule has 0 heterocycles. The highest BCUT2D eigenvalue weighted by molar-refractivity contribution is 5.77. The molecule has 10 nitrogen and oxygen atoms in total. The Morgan fingerprint density at radius 2 is 1.47 bits per heavy atom. The first-order valence-electron chi connectivity index (χ1n) is 12.4. The third-order valence-corrected chi connectivity index (χ3v) is 5.11. The second kappa shape index (κ2) is 17.3. The van der Waals surface area contributed by atoms with E-state index in [4.69, 9.17) is 24.7 Å². The van der Waals surface area contributed by atoms with Crippen LogP contribution in [0.1, 0.15) is 77.7 Å². The van der Waals surface area contributed by atoms with Crippen molar-refractivity contribution in [1.82, 2.24) is 0 Å². The molecule has 0 unspecified atom stereocenters. The third-order valence-electron chi connectivity index (χ3n) is 5.11. The molecule has 0 bridgehead atoms. The van der Waals surface area contributed by atoms with Gasteiger partial charge in [0.25, 0.3) is 0 Å². The number of rotatable bonds is 16. The van der Waals surface area contributed by atoms with Gasteiger partial charge in [0.1, 0.15) is 18.8 Å². The number of hydrogen-bond acceptors (Lipinski definition) is 10. The first-order valence-corrected chi connectivity index (χ1v) is 12.4. The maximum absolute atomic E-state index is 12.3. The van der Waals surface area contributed by atoms with Gasteiger partial charge in [0, 0.05) is 12.8 Å². The molecule has 0 amide bonds. The quantitative estimate of drug-likeness (QED) is 0.195. The predicted molar refractivity (Wildman–Crippen MR) is 132 cm³/mol. The summed E-state index contributed by atoms with van der Waals surface area (Å²) in [5.41, 5.74) is 6.57. The number of carbonyl (C=O) groups excluding carboxylic acids is 4. The van der Waals surface area contributed by atoms with E-state index in [1.54, 1.807) is 13.0 Å². The highest BCUT2D eigenvalue weighted by Crippen LogP contribution is 2.30. The van der Waals surface area contributed by atoms with Crippen LogP contribution >= 0.6 is 0 Å². The monoisotopic (exact) mass is 509 g/mol. The fourth-order valence-electron chi connectivity index (χ4n) is 3.12. The van der Waals surface area contributed by atoms with Crippen LogP contribution in [0.3, 0.4) is 0 Å². The van der Waals surface area contributed by atoms with E-state index in [0.29, 0.717) is 18.4 Å². The van der Waals surface area contributed by atoms with Crippen molar-refractivity contribution in [2.24, 2.45) is 5.73 Å². The Morgan fingerprint density at radius 1 is 0.889 bits per heavy atom. The van der Waals surface area contributed by atoms with Crippen LogP contribution in [0.5, 0.6) is 11.5 Å². The van der Waals surface area contributed by atoms with Crippen molar-refractivity contribution in [3.05, 3.63) is 23.8 Å². The van der Waals surface area contributed by atoms with Gasteiger partial charge in [0.05, 0.1) is 7.11 Å². The van der Waals surface area contributed by atoms with E-state index in [1.165, 1.54) is 19.2 Å². The highest BCUT2D eigenvalue weighted by atomic mass is 16.7. The van der Waals surface area contributed by atoms with Crippen molar-refractivity contribution < 1.29 is 42.9 Å². The van der Waals surface area contributed by atoms with E-state index in [9.17, 15) is 19.2 Å². The molecule has 2 atom stereocenters. The Balaban J connectivity index is 2.85. The van der Waals surface area contributed by atoms with E-state index in [-0.39, 0.29) is 37.4 Å². The molecule has 0 aliphatic carbocycles. The first-order chi connectivity index (χ1) is 17.2. The molecule has 1 rings (SSSR count). The summed E-state index contributed by atoms with van der Waals surface area (Å²) in [6.07, 6.45) is 4.13. The normalized spacial score (nSPS) is 12.2. The number of methoxy groups -OCH3 is 1. The van der Waals surface area contributed by atoms with E-state index in [1.807, 2.05) is 13.8 Å². The van der Waals surface area contributed by atoms with Crippen LogP contribution in [0.25, 0.3) is 0 Å². The zero-order valence-electron chi connectivity index (χ0n) is 21.7. The highest BCUT2D eigenvalue weighted by Gasteiger charge is 2.21. The SMILES string of the molecule is CCCCCC(=O)Oc1ccc(C[C@H](N)C(=O)OC[C@H](C)OC(=O)OC)cc1OC(=O)CCCCC. The zero-order valence-corrected chi connectivity index (χ0v) is 21.7. The number of nitrogens with two attached hydrogens (primary N) is 1. The lowest BCUT2D eigenvalue weighted by molar-refractivity contribution is -0.148. The van der Waals surface area contributed by atoms with Crippen molar-refractivity contribution in [1.29, 1.82) is 0 Å². The maximum Gasteiger partial charge on any atom is 0.508 e. The molecule has 1 aromatic carbocycles. The van der Waals surface area contributed by atoms with Crippen molar-refractivity contribution in [2.45, 2.75) is 90.7 Å². The number of unbranched alkanes of at least 4 members (excludes halogenated alkanes) is 4. The summed E-state index contributed by atoms with van der Waals surface area (Å²) in [6.45, 7) is 5.43. The molecule has 0 saturated heterocycles. The lowest BCUT2D eigenvalue weighted by atomic mass is 10.1. The fourth-order valence-corrected chi connectivity index (χ4v) is 3.12. The van der Waals surface area contributed by atoms with Gasteiger partial charge in [0.15, 0.2) is 11.5 Å². The molecular formula is C26H39NO9. The van der Waals surface area contributed by atoms with Gasteiger partial charge in [-0.2, -0.15) is 0 Å². The minimum absolute atomic E-state index is 0.0795. The molecule has 10 heteroatoms. The van der Waals surface area contributed by atoms with E-state index < -0.39 is 36.2 Å². The van der Waals surface area contributed by atoms with Crippen molar-refractivity contribution in [3.8, 4) is 11.5 Å². The summed E-state index contributed by atoms with van der Waals surface area (Å²) >= 11 is 0. The van der Waals surface area contributed by atoms with Gasteiger partial charge in [-0.25, -0.2) is 4.79 Å². The second-order valence-electron chi connectivity index (χ2n) is 8.47. The summed E-state index contributed by atoms with van der Waals surface area (Å²) in [5, 5.41) is 0. The Morgan fingerprint density at radius 3 is 2.03 bits per heavy atom. The molecular weight excluding hydrogens is 470 g/mol. The van der Waals surface area contributed by atoms with E-state index in [0.717, 1.165) is 25.7 Å². The molecule has 0 aromatic heterocycles. The predicted octanol–water partition coefficient (Wildman–Crippen LogP) is 4.24. The van der Waals surface area contributed by atoms with Crippen LogP contribution < -0.4 is 15.2 Å². The third kappa shape index (κ3) is 12.5. The standard InChI is InChI=1S/C26H39NO9/c1-5-7-9-11-23(28)35-21-14-13-19(16-22(21)36-24(29)12-10-8-6-2)15-20(27)25(30)33-17-18(3)34-26(31)32-4/h13-14,16,18,20H,5-12,15,17,27H2,1-4H3/t18-,20-/m0/s1. The van der Waals surface area contributed by atoms with E-state index >= 15 is 0 Å². The van der Waals surface area contributed by atoms with Crippen molar-refractivity contribution in [3.63, 3.8) is 0 Å². The Kier molecular flexibility index (Phi) is 14.9.